The molecule has 1 saturated carbocycles. The third-order valence-electron chi connectivity index (χ3n) is 3.46. The molecule has 1 aromatic rings. The first kappa shape index (κ1) is 9.22. The van der Waals surface area contributed by atoms with Crippen molar-refractivity contribution in [1.82, 2.24) is 0 Å². The molecular formula is C11H17NS. The molecular weight excluding hydrogens is 178 g/mol. The molecule has 1 atom stereocenters. The molecule has 0 aliphatic heterocycles. The molecule has 2 N–H and O–H groups in total. The number of thiophene rings is 1. The van der Waals surface area contributed by atoms with Crippen LogP contribution < -0.4 is 5.73 Å². The fraction of sp³-hybridized carbons (Fsp3) is 0.636. The van der Waals surface area contributed by atoms with Crippen molar-refractivity contribution in [1.29, 1.82) is 0 Å². The summed E-state index contributed by atoms with van der Waals surface area (Å²) in [5, 5.41) is 2.22. The summed E-state index contributed by atoms with van der Waals surface area (Å²) in [5.41, 5.74) is 7.98. The average molecular weight is 195 g/mol. The lowest BCUT2D eigenvalue weighted by Crippen LogP contribution is -2.24. The van der Waals surface area contributed by atoms with Crippen LogP contribution in [-0.2, 0) is 5.41 Å². The van der Waals surface area contributed by atoms with E-state index in [0.29, 0.717) is 10.8 Å². The van der Waals surface area contributed by atoms with Crippen LogP contribution in [0, 0.1) is 12.3 Å². The van der Waals surface area contributed by atoms with Crippen molar-refractivity contribution >= 4 is 11.3 Å². The van der Waals surface area contributed by atoms with Gasteiger partial charge in [-0.3, -0.25) is 0 Å². The predicted octanol–water partition coefficient (Wildman–Crippen LogP) is 2.68. The van der Waals surface area contributed by atoms with Crippen molar-refractivity contribution in [3.63, 3.8) is 0 Å². The van der Waals surface area contributed by atoms with Crippen LogP contribution >= 0.6 is 11.3 Å². The van der Waals surface area contributed by atoms with Crippen LogP contribution in [-0.4, -0.2) is 6.54 Å². The molecule has 2 heteroatoms. The fourth-order valence-electron chi connectivity index (χ4n) is 2.26. The van der Waals surface area contributed by atoms with Crippen LogP contribution in [0.25, 0.3) is 0 Å². The highest BCUT2D eigenvalue weighted by Gasteiger charge is 2.61. The van der Waals surface area contributed by atoms with Gasteiger partial charge in [0.15, 0.2) is 0 Å². The standard InChI is InChI=1S/C11H17NS/c1-8-4-9(13-5-8)11(7-12)6-10(11,2)3/h4-5H,6-7,12H2,1-3H3. The maximum Gasteiger partial charge on any atom is 0.0226 e. The van der Waals surface area contributed by atoms with Gasteiger partial charge in [-0.05, 0) is 35.8 Å². The molecule has 0 spiro atoms. The zero-order chi connectivity index (χ0) is 9.69. The highest BCUT2D eigenvalue weighted by atomic mass is 32.1. The second-order valence-electron chi connectivity index (χ2n) is 4.84. The Morgan fingerprint density at radius 2 is 2.15 bits per heavy atom. The van der Waals surface area contributed by atoms with Crippen LogP contribution in [0.2, 0.25) is 0 Å². The van der Waals surface area contributed by atoms with Gasteiger partial charge < -0.3 is 5.73 Å². The molecule has 0 bridgehead atoms. The lowest BCUT2D eigenvalue weighted by molar-refractivity contribution is 0.509. The molecule has 13 heavy (non-hydrogen) atoms. The minimum atomic E-state index is 0.298. The van der Waals surface area contributed by atoms with Gasteiger partial charge in [0.2, 0.25) is 0 Å². The van der Waals surface area contributed by atoms with Crippen molar-refractivity contribution in [2.45, 2.75) is 32.6 Å². The van der Waals surface area contributed by atoms with Gasteiger partial charge in [-0.15, -0.1) is 11.3 Å². The van der Waals surface area contributed by atoms with Crippen LogP contribution in [0.15, 0.2) is 11.4 Å². The molecule has 2 rings (SSSR count). The zero-order valence-corrected chi connectivity index (χ0v) is 9.37. The molecule has 1 fully saturated rings. The highest BCUT2D eigenvalue weighted by Crippen LogP contribution is 2.64. The number of hydrogen-bond acceptors (Lipinski definition) is 2. The van der Waals surface area contributed by atoms with Gasteiger partial charge in [-0.25, -0.2) is 0 Å². The van der Waals surface area contributed by atoms with Crippen molar-refractivity contribution in [2.75, 3.05) is 6.54 Å². The largest absolute Gasteiger partial charge is 0.330 e. The second-order valence-corrected chi connectivity index (χ2v) is 5.75. The third kappa shape index (κ3) is 1.16. The minimum Gasteiger partial charge on any atom is -0.330 e. The Hall–Kier alpha value is -0.340. The molecule has 1 aliphatic rings. The van der Waals surface area contributed by atoms with Crippen molar-refractivity contribution < 1.29 is 0 Å². The summed E-state index contributed by atoms with van der Waals surface area (Å²) in [6.45, 7) is 7.57. The lowest BCUT2D eigenvalue weighted by atomic mass is 9.94. The number of hydrogen-bond donors (Lipinski definition) is 1. The quantitative estimate of drug-likeness (QED) is 0.771. The fourth-order valence-corrected chi connectivity index (χ4v) is 3.55. The lowest BCUT2D eigenvalue weighted by Gasteiger charge is -2.16. The van der Waals surface area contributed by atoms with E-state index in [1.807, 2.05) is 11.3 Å². The van der Waals surface area contributed by atoms with E-state index in [-0.39, 0.29) is 0 Å². The molecule has 1 unspecified atom stereocenters. The Morgan fingerprint density at radius 3 is 2.46 bits per heavy atom. The maximum absolute atomic E-state index is 5.89. The molecule has 0 radical (unpaired) electrons. The average Bonchev–Trinajstić information content (AvgIpc) is 2.43. The summed E-state index contributed by atoms with van der Waals surface area (Å²) >= 11 is 1.87. The summed E-state index contributed by atoms with van der Waals surface area (Å²) in [5.74, 6) is 0. The molecule has 0 saturated heterocycles. The molecule has 1 heterocycles. The summed E-state index contributed by atoms with van der Waals surface area (Å²) in [7, 11) is 0. The monoisotopic (exact) mass is 195 g/mol. The molecule has 72 valence electrons. The van der Waals surface area contributed by atoms with E-state index in [9.17, 15) is 0 Å². The van der Waals surface area contributed by atoms with E-state index in [1.54, 1.807) is 0 Å². The topological polar surface area (TPSA) is 26.0 Å². The molecule has 1 aliphatic carbocycles. The van der Waals surface area contributed by atoms with E-state index in [4.69, 9.17) is 5.73 Å². The maximum atomic E-state index is 5.89. The Morgan fingerprint density at radius 1 is 1.54 bits per heavy atom. The van der Waals surface area contributed by atoms with E-state index in [0.717, 1.165) is 6.54 Å². The van der Waals surface area contributed by atoms with E-state index in [1.165, 1.54) is 16.9 Å². The summed E-state index contributed by atoms with van der Waals surface area (Å²) in [4.78, 5) is 1.48. The molecule has 0 amide bonds. The normalized spacial score (nSPS) is 30.5. The van der Waals surface area contributed by atoms with Gasteiger partial charge in [-0.2, -0.15) is 0 Å². The van der Waals surface area contributed by atoms with Crippen LogP contribution in [0.1, 0.15) is 30.7 Å². The Bertz CT molecular complexity index is 327. The minimum absolute atomic E-state index is 0.298. The summed E-state index contributed by atoms with van der Waals surface area (Å²) in [6, 6.07) is 2.30. The van der Waals surface area contributed by atoms with Gasteiger partial charge >= 0.3 is 0 Å². The first-order valence-electron chi connectivity index (χ1n) is 4.77. The van der Waals surface area contributed by atoms with E-state index >= 15 is 0 Å². The Labute approximate surface area is 84.0 Å². The first-order chi connectivity index (χ1) is 6.02. The van der Waals surface area contributed by atoms with Crippen molar-refractivity contribution in [3.05, 3.63) is 21.9 Å². The van der Waals surface area contributed by atoms with Gasteiger partial charge in [-0.1, -0.05) is 13.8 Å². The second kappa shape index (κ2) is 2.58. The van der Waals surface area contributed by atoms with E-state index < -0.39 is 0 Å². The zero-order valence-electron chi connectivity index (χ0n) is 8.55. The van der Waals surface area contributed by atoms with E-state index in [2.05, 4.69) is 32.2 Å². The van der Waals surface area contributed by atoms with Crippen molar-refractivity contribution in [3.8, 4) is 0 Å². The first-order valence-corrected chi connectivity index (χ1v) is 5.65. The molecule has 1 nitrogen and oxygen atoms in total. The Balaban J connectivity index is 2.35. The SMILES string of the molecule is Cc1csc(C2(CN)CC2(C)C)c1. The highest BCUT2D eigenvalue weighted by molar-refractivity contribution is 7.10. The summed E-state index contributed by atoms with van der Waals surface area (Å²) < 4.78 is 0. The van der Waals surface area contributed by atoms with Gasteiger partial charge in [0.05, 0.1) is 0 Å². The third-order valence-corrected chi connectivity index (χ3v) is 4.72. The van der Waals surface area contributed by atoms with Crippen LogP contribution in [0.4, 0.5) is 0 Å². The van der Waals surface area contributed by atoms with Gasteiger partial charge in [0, 0.05) is 16.8 Å². The number of nitrogens with two attached hydrogens (primary N) is 1. The van der Waals surface area contributed by atoms with Gasteiger partial charge in [0.25, 0.3) is 0 Å². The predicted molar refractivity (Wildman–Crippen MR) is 58.2 cm³/mol. The Kier molecular flexibility index (Phi) is 1.83. The van der Waals surface area contributed by atoms with Gasteiger partial charge in [0.1, 0.15) is 0 Å². The number of rotatable bonds is 2. The molecule has 0 aromatic carbocycles. The van der Waals surface area contributed by atoms with Crippen LogP contribution in [0.5, 0.6) is 0 Å². The number of aryl methyl sites for hydroxylation is 1. The smallest absolute Gasteiger partial charge is 0.0226 e. The molecule has 1 aromatic heterocycles. The van der Waals surface area contributed by atoms with Crippen LogP contribution in [0.3, 0.4) is 0 Å². The summed E-state index contributed by atoms with van der Waals surface area (Å²) in [6.07, 6.45) is 1.25. The van der Waals surface area contributed by atoms with Crippen molar-refractivity contribution in [2.24, 2.45) is 11.1 Å².